The van der Waals surface area contributed by atoms with E-state index in [1.54, 1.807) is 6.20 Å². The minimum absolute atomic E-state index is 0.138. The predicted molar refractivity (Wildman–Crippen MR) is 65.7 cm³/mol. The Morgan fingerprint density at radius 2 is 2.00 bits per heavy atom. The third kappa shape index (κ3) is 3.17. The van der Waals surface area contributed by atoms with Gasteiger partial charge in [-0.2, -0.15) is 0 Å². The molecule has 0 unspecified atom stereocenters. The Kier molecular flexibility index (Phi) is 4.68. The van der Waals surface area contributed by atoms with Crippen molar-refractivity contribution in [3.8, 4) is 0 Å². The molecule has 0 aliphatic heterocycles. The van der Waals surface area contributed by atoms with Crippen molar-refractivity contribution in [2.45, 2.75) is 39.7 Å². The Balaban J connectivity index is 2.95. The Bertz CT molecular complexity index is 326. The van der Waals surface area contributed by atoms with E-state index in [9.17, 15) is 0 Å². The van der Waals surface area contributed by atoms with Gasteiger partial charge in [0.1, 0.15) is 11.6 Å². The lowest BCUT2D eigenvalue weighted by atomic mass is 10.2. The van der Waals surface area contributed by atoms with Gasteiger partial charge in [-0.05, 0) is 19.9 Å². The highest BCUT2D eigenvalue weighted by Crippen LogP contribution is 2.16. The van der Waals surface area contributed by atoms with E-state index in [0.29, 0.717) is 18.5 Å². The zero-order valence-corrected chi connectivity index (χ0v) is 10.5. The molecule has 1 heterocycles. The maximum atomic E-state index is 9.04. The average Bonchev–Trinajstić information content (AvgIpc) is 2.25. The third-order valence-corrected chi connectivity index (χ3v) is 2.43. The Morgan fingerprint density at radius 3 is 2.50 bits per heavy atom. The van der Waals surface area contributed by atoms with Gasteiger partial charge in [-0.25, -0.2) is 9.97 Å². The zero-order chi connectivity index (χ0) is 12.1. The molecule has 0 aliphatic carbocycles. The molecule has 0 amide bonds. The lowest BCUT2D eigenvalue weighted by molar-refractivity contribution is 0.298. The molecule has 4 heteroatoms. The molecule has 1 aromatic rings. The molecule has 0 bridgehead atoms. The normalized spacial score (nSPS) is 11.2. The number of aliphatic hydroxyl groups is 1. The molecule has 1 aromatic heterocycles. The first kappa shape index (κ1) is 12.9. The largest absolute Gasteiger partial charge is 0.395 e. The second-order valence-corrected chi connectivity index (χ2v) is 4.44. The van der Waals surface area contributed by atoms with Crippen molar-refractivity contribution in [3.63, 3.8) is 0 Å². The van der Waals surface area contributed by atoms with Crippen LogP contribution in [0.15, 0.2) is 12.3 Å². The fourth-order valence-corrected chi connectivity index (χ4v) is 1.55. The summed E-state index contributed by atoms with van der Waals surface area (Å²) in [5.74, 6) is 2.06. The van der Waals surface area contributed by atoms with E-state index in [-0.39, 0.29) is 6.61 Å². The predicted octanol–water partition coefficient (Wildman–Crippen LogP) is 1.81. The lowest BCUT2D eigenvalue weighted by Crippen LogP contribution is -2.34. The van der Waals surface area contributed by atoms with Crippen molar-refractivity contribution >= 4 is 5.82 Å². The van der Waals surface area contributed by atoms with Crippen molar-refractivity contribution in [1.82, 2.24) is 9.97 Å². The van der Waals surface area contributed by atoms with Gasteiger partial charge >= 0.3 is 0 Å². The second kappa shape index (κ2) is 5.80. The van der Waals surface area contributed by atoms with E-state index in [2.05, 4.69) is 42.6 Å². The maximum absolute atomic E-state index is 9.04. The summed E-state index contributed by atoms with van der Waals surface area (Å²) in [7, 11) is 0. The molecule has 0 saturated carbocycles. The van der Waals surface area contributed by atoms with Crippen molar-refractivity contribution in [1.29, 1.82) is 0 Å². The van der Waals surface area contributed by atoms with E-state index in [1.807, 2.05) is 6.07 Å². The zero-order valence-electron chi connectivity index (χ0n) is 10.5. The van der Waals surface area contributed by atoms with Crippen LogP contribution in [0.4, 0.5) is 5.82 Å². The molecule has 4 nitrogen and oxygen atoms in total. The Hall–Kier alpha value is -1.16. The first-order valence-electron chi connectivity index (χ1n) is 5.76. The maximum Gasteiger partial charge on any atom is 0.133 e. The van der Waals surface area contributed by atoms with Crippen molar-refractivity contribution in [2.75, 3.05) is 18.1 Å². The SMILES string of the molecule is CC(C)c1nccc(N(CCO)C(C)C)n1. The minimum atomic E-state index is 0.138. The molecule has 0 aliphatic rings. The molecular formula is C12H21N3O. The molecule has 16 heavy (non-hydrogen) atoms. The van der Waals surface area contributed by atoms with Crippen LogP contribution in [0.3, 0.4) is 0 Å². The van der Waals surface area contributed by atoms with Gasteiger partial charge in [0.05, 0.1) is 6.61 Å². The fourth-order valence-electron chi connectivity index (χ4n) is 1.55. The Labute approximate surface area is 97.3 Å². The average molecular weight is 223 g/mol. The highest BCUT2D eigenvalue weighted by molar-refractivity contribution is 5.38. The van der Waals surface area contributed by atoms with Crippen LogP contribution >= 0.6 is 0 Å². The van der Waals surface area contributed by atoms with Crippen LogP contribution < -0.4 is 4.90 Å². The summed E-state index contributed by atoms with van der Waals surface area (Å²) < 4.78 is 0. The fraction of sp³-hybridized carbons (Fsp3) is 0.667. The number of anilines is 1. The molecule has 1 rings (SSSR count). The summed E-state index contributed by atoms with van der Waals surface area (Å²) in [6.07, 6.45) is 1.78. The van der Waals surface area contributed by atoms with Crippen LogP contribution in [0, 0.1) is 0 Å². The van der Waals surface area contributed by atoms with Gasteiger partial charge in [-0.1, -0.05) is 13.8 Å². The summed E-state index contributed by atoms with van der Waals surface area (Å²) >= 11 is 0. The summed E-state index contributed by atoms with van der Waals surface area (Å²) in [6, 6.07) is 2.21. The first-order valence-corrected chi connectivity index (χ1v) is 5.76. The standard InChI is InChI=1S/C12H21N3O/c1-9(2)12-13-6-5-11(14-12)15(7-8-16)10(3)4/h5-6,9-10,16H,7-8H2,1-4H3. The van der Waals surface area contributed by atoms with Crippen LogP contribution in [0.5, 0.6) is 0 Å². The van der Waals surface area contributed by atoms with Gasteiger partial charge in [-0.15, -0.1) is 0 Å². The molecule has 1 N–H and O–H groups in total. The van der Waals surface area contributed by atoms with Crippen LogP contribution in [0.2, 0.25) is 0 Å². The van der Waals surface area contributed by atoms with Gasteiger partial charge in [0.25, 0.3) is 0 Å². The number of hydrogen-bond acceptors (Lipinski definition) is 4. The van der Waals surface area contributed by atoms with E-state index in [1.165, 1.54) is 0 Å². The number of hydrogen-bond donors (Lipinski definition) is 1. The topological polar surface area (TPSA) is 49.2 Å². The van der Waals surface area contributed by atoms with E-state index in [0.717, 1.165) is 11.6 Å². The quantitative estimate of drug-likeness (QED) is 0.827. The molecule has 0 fully saturated rings. The Morgan fingerprint density at radius 1 is 1.31 bits per heavy atom. The smallest absolute Gasteiger partial charge is 0.133 e. The number of aliphatic hydroxyl groups excluding tert-OH is 1. The van der Waals surface area contributed by atoms with Gasteiger partial charge in [0.2, 0.25) is 0 Å². The summed E-state index contributed by atoms with van der Waals surface area (Å²) in [5, 5.41) is 9.04. The summed E-state index contributed by atoms with van der Waals surface area (Å²) in [5.41, 5.74) is 0. The van der Waals surface area contributed by atoms with Crippen molar-refractivity contribution in [2.24, 2.45) is 0 Å². The van der Waals surface area contributed by atoms with Crippen LogP contribution in [0.1, 0.15) is 39.4 Å². The molecule has 0 radical (unpaired) electrons. The van der Waals surface area contributed by atoms with Gasteiger partial charge in [0.15, 0.2) is 0 Å². The molecule has 0 spiro atoms. The van der Waals surface area contributed by atoms with Crippen LogP contribution in [-0.2, 0) is 0 Å². The van der Waals surface area contributed by atoms with E-state index >= 15 is 0 Å². The summed E-state index contributed by atoms with van der Waals surface area (Å²) in [6.45, 7) is 9.07. The van der Waals surface area contributed by atoms with Crippen LogP contribution in [0.25, 0.3) is 0 Å². The van der Waals surface area contributed by atoms with E-state index in [4.69, 9.17) is 5.11 Å². The number of aromatic nitrogens is 2. The van der Waals surface area contributed by atoms with Crippen molar-refractivity contribution < 1.29 is 5.11 Å². The lowest BCUT2D eigenvalue weighted by Gasteiger charge is -2.27. The first-order chi connectivity index (χ1) is 7.56. The van der Waals surface area contributed by atoms with Gasteiger partial charge in [-0.3, -0.25) is 0 Å². The highest BCUT2D eigenvalue weighted by atomic mass is 16.3. The summed E-state index contributed by atoms with van der Waals surface area (Å²) in [4.78, 5) is 10.8. The molecule has 0 atom stereocenters. The monoisotopic (exact) mass is 223 g/mol. The second-order valence-electron chi connectivity index (χ2n) is 4.44. The van der Waals surface area contributed by atoms with Gasteiger partial charge in [0, 0.05) is 24.7 Å². The van der Waals surface area contributed by atoms with Crippen molar-refractivity contribution in [3.05, 3.63) is 18.1 Å². The van der Waals surface area contributed by atoms with Gasteiger partial charge < -0.3 is 10.0 Å². The number of nitrogens with zero attached hydrogens (tertiary/aromatic N) is 3. The third-order valence-electron chi connectivity index (χ3n) is 2.43. The highest BCUT2D eigenvalue weighted by Gasteiger charge is 2.12. The van der Waals surface area contributed by atoms with Crippen LogP contribution in [-0.4, -0.2) is 34.3 Å². The number of rotatable bonds is 5. The van der Waals surface area contributed by atoms with E-state index < -0.39 is 0 Å². The molecular weight excluding hydrogens is 202 g/mol. The molecule has 0 aromatic carbocycles. The molecule has 0 saturated heterocycles. The molecule has 90 valence electrons. The minimum Gasteiger partial charge on any atom is -0.395 e.